The summed E-state index contributed by atoms with van der Waals surface area (Å²) >= 11 is 0. The summed E-state index contributed by atoms with van der Waals surface area (Å²) in [6.45, 7) is 0. The van der Waals surface area contributed by atoms with E-state index in [-0.39, 0.29) is 58.2 Å². The molecule has 1 unspecified atom stereocenters. The van der Waals surface area contributed by atoms with Gasteiger partial charge in [0.05, 0.1) is 16.0 Å². The molecule has 1 heterocycles. The zero-order chi connectivity index (χ0) is 5.98. The normalized spacial score (nSPS) is 12.1. The van der Waals surface area contributed by atoms with Crippen molar-refractivity contribution in [3.63, 3.8) is 0 Å². The third kappa shape index (κ3) is 3.13. The van der Waals surface area contributed by atoms with E-state index in [0.717, 1.165) is 0 Å². The van der Waals surface area contributed by atoms with Gasteiger partial charge in [-0.25, -0.2) is 0 Å². The molecule has 1 aromatic rings. The number of nitrogens with zero attached hydrogens (tertiary/aromatic N) is 3. The van der Waals surface area contributed by atoms with Crippen molar-refractivity contribution in [3.05, 3.63) is 6.33 Å². The van der Waals surface area contributed by atoms with Gasteiger partial charge < -0.3 is 15.2 Å². The van der Waals surface area contributed by atoms with E-state index in [2.05, 4.69) is 15.2 Å². The molecular formula is C3H4N3ORbS. The van der Waals surface area contributed by atoms with Crippen LogP contribution >= 0.6 is 0 Å². The summed E-state index contributed by atoms with van der Waals surface area (Å²) in [6.07, 6.45) is 2.79. The summed E-state index contributed by atoms with van der Waals surface area (Å²) in [5.41, 5.74) is 0. The van der Waals surface area contributed by atoms with Gasteiger partial charge >= 0.3 is 58.2 Å². The summed E-state index contributed by atoms with van der Waals surface area (Å²) in [7, 11) is -1.08. The van der Waals surface area contributed by atoms with E-state index < -0.39 is 10.8 Å². The second-order valence-corrected chi connectivity index (χ2v) is 2.47. The zero-order valence-corrected chi connectivity index (χ0v) is 11.0. The predicted octanol–water partition coefficient (Wildman–Crippen LogP) is -3.82. The Kier molecular flexibility index (Phi) is 5.43. The molecule has 0 amide bonds. The van der Waals surface area contributed by atoms with Crippen molar-refractivity contribution in [1.82, 2.24) is 15.2 Å². The minimum Gasteiger partial charge on any atom is -0.358 e. The van der Waals surface area contributed by atoms with E-state index >= 15 is 0 Å². The largest absolute Gasteiger partial charge is 1.00 e. The zero-order valence-electron chi connectivity index (χ0n) is 5.24. The number of rotatable bonds is 1. The Hall–Kier alpha value is 1.10. The molecular weight excluding hydrogens is 212 g/mol. The monoisotopic (exact) mass is 215 g/mol. The van der Waals surface area contributed by atoms with Gasteiger partial charge in [-0.2, -0.15) is 0 Å². The summed E-state index contributed by atoms with van der Waals surface area (Å²) in [4.78, 5) is 3.59. The van der Waals surface area contributed by atoms with Crippen LogP contribution in [0.4, 0.5) is 0 Å². The molecule has 0 spiro atoms. The second-order valence-electron chi connectivity index (χ2n) is 1.20. The quantitative estimate of drug-likeness (QED) is 0.482. The number of hydrogen-bond donors (Lipinski definition) is 0. The fourth-order valence-corrected chi connectivity index (χ4v) is 0.666. The van der Waals surface area contributed by atoms with Crippen LogP contribution in [0.5, 0.6) is 0 Å². The van der Waals surface area contributed by atoms with Gasteiger partial charge in [0.25, 0.3) is 0 Å². The minimum atomic E-state index is -1.08. The molecule has 0 N–H and O–H groups in total. The molecule has 0 saturated carbocycles. The van der Waals surface area contributed by atoms with Gasteiger partial charge in [0.15, 0.2) is 0 Å². The molecule has 0 aliphatic heterocycles. The van der Waals surface area contributed by atoms with Crippen LogP contribution in [-0.4, -0.2) is 20.7 Å². The number of aromatic nitrogens is 3. The average molecular weight is 216 g/mol. The summed E-state index contributed by atoms with van der Waals surface area (Å²) in [5.74, 6) is 0. The molecule has 0 aliphatic carbocycles. The Morgan fingerprint density at radius 3 is 2.67 bits per heavy atom. The predicted molar refractivity (Wildman–Crippen MR) is 27.7 cm³/mol. The molecule has 0 fully saturated rings. The van der Waals surface area contributed by atoms with Crippen LogP contribution in [-0.2, 0) is 10.8 Å². The van der Waals surface area contributed by atoms with Gasteiger partial charge in [-0.1, -0.05) is 0 Å². The molecule has 1 aromatic heterocycles. The van der Waals surface area contributed by atoms with Crippen LogP contribution in [0.1, 0.15) is 0 Å². The first-order valence-electron chi connectivity index (χ1n) is 1.94. The van der Waals surface area contributed by atoms with Crippen LogP contribution in [0.15, 0.2) is 11.5 Å². The van der Waals surface area contributed by atoms with Crippen molar-refractivity contribution in [3.8, 4) is 0 Å². The summed E-state index contributed by atoms with van der Waals surface area (Å²) in [6, 6.07) is 0. The molecule has 0 aromatic carbocycles. The average Bonchev–Trinajstić information content (AvgIpc) is 2.12. The fourth-order valence-electron chi connectivity index (χ4n) is 0.308. The van der Waals surface area contributed by atoms with E-state index in [0.29, 0.717) is 5.16 Å². The van der Waals surface area contributed by atoms with Crippen molar-refractivity contribution < 1.29 is 62.4 Å². The van der Waals surface area contributed by atoms with Crippen molar-refractivity contribution in [1.29, 1.82) is 0 Å². The van der Waals surface area contributed by atoms with E-state index in [1.54, 1.807) is 0 Å². The second kappa shape index (κ2) is 4.84. The first-order valence-corrected chi connectivity index (χ1v) is 3.50. The van der Waals surface area contributed by atoms with E-state index in [1.165, 1.54) is 12.6 Å². The molecule has 4 nitrogen and oxygen atoms in total. The van der Waals surface area contributed by atoms with Gasteiger partial charge in [0.2, 0.25) is 0 Å². The molecule has 0 saturated heterocycles. The Labute approximate surface area is 104 Å². The topological polar surface area (TPSA) is 57.0 Å². The maximum absolute atomic E-state index is 10.5. The van der Waals surface area contributed by atoms with E-state index in [9.17, 15) is 4.21 Å². The molecule has 1 atom stereocenters. The van der Waals surface area contributed by atoms with Crippen LogP contribution in [0.3, 0.4) is 0 Å². The summed E-state index contributed by atoms with van der Waals surface area (Å²) < 4.78 is 10.5. The standard InChI is InChI=1S/C3H4N3OS.Rb/c1-8(7)3-4-2-5-6-3;/h2H,1H3;/q-1;+1. The van der Waals surface area contributed by atoms with Crippen molar-refractivity contribution in [2.24, 2.45) is 0 Å². The molecule has 0 bridgehead atoms. The van der Waals surface area contributed by atoms with Gasteiger partial charge in [0.1, 0.15) is 0 Å². The molecule has 44 valence electrons. The van der Waals surface area contributed by atoms with Crippen LogP contribution in [0.2, 0.25) is 0 Å². The van der Waals surface area contributed by atoms with Crippen LogP contribution < -0.4 is 63.2 Å². The molecule has 0 aliphatic rings. The maximum atomic E-state index is 10.5. The fraction of sp³-hybridized carbons (Fsp3) is 0.333. The van der Waals surface area contributed by atoms with Crippen molar-refractivity contribution in [2.75, 3.05) is 6.26 Å². The minimum absolute atomic E-state index is 0. The molecule has 1 rings (SSSR count). The Morgan fingerprint density at radius 1 is 1.78 bits per heavy atom. The third-order valence-corrected chi connectivity index (χ3v) is 1.32. The Balaban J connectivity index is 0.000000640. The van der Waals surface area contributed by atoms with Gasteiger partial charge in [-0.15, -0.1) is 0 Å². The smallest absolute Gasteiger partial charge is 0.358 e. The van der Waals surface area contributed by atoms with E-state index in [4.69, 9.17) is 0 Å². The van der Waals surface area contributed by atoms with Crippen LogP contribution in [0, 0.1) is 0 Å². The van der Waals surface area contributed by atoms with Crippen molar-refractivity contribution in [2.45, 2.75) is 5.16 Å². The maximum Gasteiger partial charge on any atom is 1.00 e. The molecule has 6 heteroatoms. The van der Waals surface area contributed by atoms with Gasteiger partial charge in [0, 0.05) is 6.26 Å². The van der Waals surface area contributed by atoms with Gasteiger partial charge in [-0.3, -0.25) is 4.21 Å². The molecule has 0 radical (unpaired) electrons. The number of hydrogen-bond acceptors (Lipinski definition) is 3. The molecule has 9 heavy (non-hydrogen) atoms. The summed E-state index contributed by atoms with van der Waals surface area (Å²) in [5, 5.41) is 7.14. The SMILES string of the molecule is CS(=O)c1nnc[n-]1.[Rb+]. The Bertz CT molecular complexity index is 187. The first kappa shape index (κ1) is 10.1. The van der Waals surface area contributed by atoms with Gasteiger partial charge in [-0.05, 0) is 6.33 Å². The Morgan fingerprint density at radius 2 is 2.44 bits per heavy atom. The van der Waals surface area contributed by atoms with Crippen molar-refractivity contribution >= 4 is 10.8 Å². The first-order chi connectivity index (χ1) is 3.80. The van der Waals surface area contributed by atoms with Crippen LogP contribution in [0.25, 0.3) is 0 Å². The van der Waals surface area contributed by atoms with E-state index in [1.807, 2.05) is 0 Å². The third-order valence-electron chi connectivity index (χ3n) is 0.620.